The van der Waals surface area contributed by atoms with E-state index in [4.69, 9.17) is 11.6 Å². The first-order chi connectivity index (χ1) is 8.99. The third-order valence-electron chi connectivity index (χ3n) is 2.98. The largest absolute Gasteiger partial charge is 0.294 e. The molecule has 2 rings (SSSR count). The normalized spacial score (nSPS) is 12.9. The average molecular weight is 304 g/mol. The highest BCUT2D eigenvalue weighted by Gasteiger charge is 2.18. The SMILES string of the molecule is C[C@@H](c1cc(F)ccc1F)N(C)Cc1nnsc1Cl. The van der Waals surface area contributed by atoms with Gasteiger partial charge in [-0.25, -0.2) is 8.78 Å². The van der Waals surface area contributed by atoms with Crippen molar-refractivity contribution in [3.63, 3.8) is 0 Å². The number of hydrogen-bond acceptors (Lipinski definition) is 4. The van der Waals surface area contributed by atoms with Crippen molar-refractivity contribution in [1.29, 1.82) is 0 Å². The van der Waals surface area contributed by atoms with Crippen LogP contribution in [0.1, 0.15) is 24.2 Å². The molecule has 7 heteroatoms. The van der Waals surface area contributed by atoms with Crippen LogP contribution in [0.4, 0.5) is 8.78 Å². The quantitative estimate of drug-likeness (QED) is 0.863. The molecule has 0 aliphatic carbocycles. The van der Waals surface area contributed by atoms with E-state index in [1.54, 1.807) is 14.0 Å². The summed E-state index contributed by atoms with van der Waals surface area (Å²) in [5.41, 5.74) is 0.944. The lowest BCUT2D eigenvalue weighted by Gasteiger charge is -2.24. The van der Waals surface area contributed by atoms with Gasteiger partial charge in [-0.2, -0.15) is 0 Å². The van der Waals surface area contributed by atoms with Crippen LogP contribution >= 0.6 is 23.1 Å². The average Bonchev–Trinajstić information content (AvgIpc) is 2.77. The molecule has 0 saturated carbocycles. The lowest BCUT2D eigenvalue weighted by atomic mass is 10.1. The first kappa shape index (κ1) is 14.3. The zero-order valence-corrected chi connectivity index (χ0v) is 12.0. The molecule has 0 unspecified atom stereocenters. The summed E-state index contributed by atoms with van der Waals surface area (Å²) in [6, 6.07) is 3.14. The van der Waals surface area contributed by atoms with Gasteiger partial charge >= 0.3 is 0 Å². The molecule has 0 amide bonds. The van der Waals surface area contributed by atoms with E-state index in [9.17, 15) is 8.78 Å². The van der Waals surface area contributed by atoms with E-state index in [1.165, 1.54) is 6.07 Å². The van der Waals surface area contributed by atoms with Crippen LogP contribution in [-0.2, 0) is 6.54 Å². The Morgan fingerprint density at radius 1 is 1.42 bits per heavy atom. The number of benzene rings is 1. The van der Waals surface area contributed by atoms with Gasteiger partial charge in [0.15, 0.2) is 0 Å². The van der Waals surface area contributed by atoms with Crippen molar-refractivity contribution in [3.05, 3.63) is 45.4 Å². The Labute approximate surface area is 119 Å². The maximum Gasteiger partial charge on any atom is 0.138 e. The van der Waals surface area contributed by atoms with Crippen LogP contribution in [0.25, 0.3) is 0 Å². The molecule has 0 fully saturated rings. The minimum absolute atomic E-state index is 0.298. The minimum atomic E-state index is -0.454. The summed E-state index contributed by atoms with van der Waals surface area (Å²) >= 11 is 7.03. The molecular formula is C12H12ClF2N3S. The fraction of sp³-hybridized carbons (Fsp3) is 0.333. The van der Waals surface area contributed by atoms with Gasteiger partial charge in [0.25, 0.3) is 0 Å². The van der Waals surface area contributed by atoms with E-state index in [-0.39, 0.29) is 6.04 Å². The monoisotopic (exact) mass is 303 g/mol. The number of halogens is 3. The minimum Gasteiger partial charge on any atom is -0.294 e. The molecular weight excluding hydrogens is 292 g/mol. The Morgan fingerprint density at radius 3 is 2.79 bits per heavy atom. The van der Waals surface area contributed by atoms with Crippen LogP contribution in [0.5, 0.6) is 0 Å². The third-order valence-corrected chi connectivity index (χ3v) is 3.96. The van der Waals surface area contributed by atoms with E-state index in [0.717, 1.165) is 23.7 Å². The topological polar surface area (TPSA) is 29.0 Å². The van der Waals surface area contributed by atoms with Gasteiger partial charge in [0, 0.05) is 29.7 Å². The van der Waals surface area contributed by atoms with Gasteiger partial charge in [-0.15, -0.1) is 5.10 Å². The molecule has 1 aromatic heterocycles. The van der Waals surface area contributed by atoms with Crippen molar-refractivity contribution >= 4 is 23.1 Å². The summed E-state index contributed by atoms with van der Waals surface area (Å²) < 4.78 is 31.1. The molecule has 0 aliphatic heterocycles. The highest BCUT2D eigenvalue weighted by Crippen LogP contribution is 2.26. The third kappa shape index (κ3) is 3.26. The molecule has 0 spiro atoms. The van der Waals surface area contributed by atoms with E-state index in [0.29, 0.717) is 22.1 Å². The fourth-order valence-corrected chi connectivity index (χ4v) is 2.35. The summed E-state index contributed by atoms with van der Waals surface area (Å²) in [6.45, 7) is 2.22. The van der Waals surface area contributed by atoms with Crippen LogP contribution in [0.15, 0.2) is 18.2 Å². The van der Waals surface area contributed by atoms with Crippen LogP contribution in [-0.4, -0.2) is 21.5 Å². The van der Waals surface area contributed by atoms with Gasteiger partial charge in [-0.3, -0.25) is 4.90 Å². The summed E-state index contributed by atoms with van der Waals surface area (Å²) in [4.78, 5) is 1.83. The Bertz CT molecular complexity index is 576. The summed E-state index contributed by atoms with van der Waals surface area (Å²) in [7, 11) is 1.80. The first-order valence-electron chi connectivity index (χ1n) is 5.61. The Kier molecular flexibility index (Phi) is 4.44. The van der Waals surface area contributed by atoms with Gasteiger partial charge in [0.1, 0.15) is 21.7 Å². The molecule has 3 nitrogen and oxygen atoms in total. The molecule has 0 N–H and O–H groups in total. The van der Waals surface area contributed by atoms with Crippen molar-refractivity contribution in [3.8, 4) is 0 Å². The lowest BCUT2D eigenvalue weighted by molar-refractivity contribution is 0.244. The van der Waals surface area contributed by atoms with Crippen LogP contribution in [0.2, 0.25) is 4.34 Å². The maximum atomic E-state index is 13.7. The maximum absolute atomic E-state index is 13.7. The van der Waals surface area contributed by atoms with Crippen molar-refractivity contribution in [2.24, 2.45) is 0 Å². The van der Waals surface area contributed by atoms with Crippen LogP contribution in [0, 0.1) is 11.6 Å². The van der Waals surface area contributed by atoms with Crippen molar-refractivity contribution in [2.45, 2.75) is 19.5 Å². The molecule has 0 aliphatic rings. The van der Waals surface area contributed by atoms with Gasteiger partial charge in [-0.05, 0) is 32.2 Å². The van der Waals surface area contributed by atoms with E-state index in [1.807, 2.05) is 4.90 Å². The fourth-order valence-electron chi connectivity index (χ4n) is 1.74. The Balaban J connectivity index is 2.17. The number of rotatable bonds is 4. The summed E-state index contributed by atoms with van der Waals surface area (Å²) in [5, 5.41) is 3.90. The van der Waals surface area contributed by atoms with E-state index in [2.05, 4.69) is 9.59 Å². The molecule has 2 aromatic rings. The molecule has 0 bridgehead atoms. The molecule has 102 valence electrons. The number of nitrogens with zero attached hydrogens (tertiary/aromatic N) is 3. The van der Waals surface area contributed by atoms with Gasteiger partial charge < -0.3 is 0 Å². The highest BCUT2D eigenvalue weighted by molar-refractivity contribution is 7.10. The predicted molar refractivity (Wildman–Crippen MR) is 71.2 cm³/mol. The molecule has 1 aromatic carbocycles. The van der Waals surface area contributed by atoms with Gasteiger partial charge in [0.05, 0.1) is 0 Å². The van der Waals surface area contributed by atoms with Crippen molar-refractivity contribution in [2.75, 3.05) is 7.05 Å². The second-order valence-electron chi connectivity index (χ2n) is 4.25. The first-order valence-corrected chi connectivity index (χ1v) is 6.76. The number of aromatic nitrogens is 2. The molecule has 0 saturated heterocycles. The second kappa shape index (κ2) is 5.90. The molecule has 1 heterocycles. The van der Waals surface area contributed by atoms with Crippen LogP contribution in [0.3, 0.4) is 0 Å². The zero-order valence-electron chi connectivity index (χ0n) is 10.4. The van der Waals surface area contributed by atoms with Crippen molar-refractivity contribution < 1.29 is 8.78 Å². The predicted octanol–water partition coefficient (Wildman–Crippen LogP) is 3.66. The van der Waals surface area contributed by atoms with E-state index >= 15 is 0 Å². The highest BCUT2D eigenvalue weighted by atomic mass is 35.5. The second-order valence-corrected chi connectivity index (χ2v) is 5.61. The molecule has 19 heavy (non-hydrogen) atoms. The van der Waals surface area contributed by atoms with E-state index < -0.39 is 11.6 Å². The van der Waals surface area contributed by atoms with Crippen molar-refractivity contribution in [1.82, 2.24) is 14.5 Å². The zero-order chi connectivity index (χ0) is 14.0. The number of hydrogen-bond donors (Lipinski definition) is 0. The van der Waals surface area contributed by atoms with Gasteiger partial charge in [-0.1, -0.05) is 16.1 Å². The van der Waals surface area contributed by atoms with Crippen LogP contribution < -0.4 is 0 Å². The summed E-state index contributed by atoms with van der Waals surface area (Å²) in [6.07, 6.45) is 0. The standard InChI is InChI=1S/C12H12ClF2N3S/c1-7(9-5-8(14)3-4-10(9)15)18(2)6-11-12(13)19-17-16-11/h3-5,7H,6H2,1-2H3/t7-/m0/s1. The Hall–Kier alpha value is -1.11. The molecule has 1 atom stereocenters. The molecule has 0 radical (unpaired) electrons. The summed E-state index contributed by atoms with van der Waals surface area (Å²) in [5.74, 6) is -0.881. The Morgan fingerprint density at radius 2 is 2.16 bits per heavy atom. The smallest absolute Gasteiger partial charge is 0.138 e. The lowest BCUT2D eigenvalue weighted by Crippen LogP contribution is -2.23. The van der Waals surface area contributed by atoms with Gasteiger partial charge in [0.2, 0.25) is 0 Å².